The summed E-state index contributed by atoms with van der Waals surface area (Å²) in [4.78, 5) is 0. The molecule has 1 aliphatic heterocycles. The summed E-state index contributed by atoms with van der Waals surface area (Å²) < 4.78 is 7.60. The molecule has 2 unspecified atom stereocenters. The molecule has 1 aromatic rings. The number of rotatable bonds is 6. The first-order valence-corrected chi connectivity index (χ1v) is 6.69. The molecule has 0 amide bonds. The van der Waals surface area contributed by atoms with Crippen LogP contribution in [0.2, 0.25) is 0 Å². The summed E-state index contributed by atoms with van der Waals surface area (Å²) in [5, 5.41) is 4.35. The van der Waals surface area contributed by atoms with Crippen molar-refractivity contribution >= 4 is 0 Å². The molecule has 1 aliphatic rings. The fraction of sp³-hybridized carbons (Fsp3) is 0.769. The van der Waals surface area contributed by atoms with Crippen molar-refractivity contribution in [2.24, 2.45) is 5.73 Å². The van der Waals surface area contributed by atoms with Gasteiger partial charge in [0.25, 0.3) is 0 Å². The maximum Gasteiger partial charge on any atom is 0.0576 e. The largest absolute Gasteiger partial charge is 0.378 e. The van der Waals surface area contributed by atoms with Gasteiger partial charge < -0.3 is 10.5 Å². The summed E-state index contributed by atoms with van der Waals surface area (Å²) in [5.74, 6) is 0. The summed E-state index contributed by atoms with van der Waals surface area (Å²) in [6.45, 7) is 4.01. The van der Waals surface area contributed by atoms with Gasteiger partial charge in [-0.1, -0.05) is 6.92 Å². The highest BCUT2D eigenvalue weighted by molar-refractivity contribution is 5.09. The Morgan fingerprint density at radius 1 is 1.65 bits per heavy atom. The highest BCUT2D eigenvalue weighted by Gasteiger charge is 2.14. The quantitative estimate of drug-likeness (QED) is 0.825. The van der Waals surface area contributed by atoms with Crippen LogP contribution in [0.1, 0.15) is 50.6 Å². The Morgan fingerprint density at radius 3 is 3.24 bits per heavy atom. The van der Waals surface area contributed by atoms with Gasteiger partial charge in [0.15, 0.2) is 0 Å². The first-order chi connectivity index (χ1) is 8.29. The second-order valence-electron chi connectivity index (χ2n) is 4.83. The summed E-state index contributed by atoms with van der Waals surface area (Å²) in [5.41, 5.74) is 7.11. The molecule has 0 aromatic carbocycles. The molecular weight excluding hydrogens is 214 g/mol. The minimum atomic E-state index is 0.127. The highest BCUT2D eigenvalue weighted by atomic mass is 16.5. The van der Waals surface area contributed by atoms with Crippen LogP contribution in [0.4, 0.5) is 0 Å². The average Bonchev–Trinajstić information content (AvgIpc) is 2.99. The summed E-state index contributed by atoms with van der Waals surface area (Å²) >= 11 is 0. The molecule has 1 aromatic heterocycles. The lowest BCUT2D eigenvalue weighted by Crippen LogP contribution is -2.08. The third-order valence-electron chi connectivity index (χ3n) is 3.46. The number of nitrogens with two attached hydrogens (primary N) is 1. The summed E-state index contributed by atoms with van der Waals surface area (Å²) in [7, 11) is 0. The molecule has 4 heteroatoms. The maximum absolute atomic E-state index is 5.96. The molecule has 0 bridgehead atoms. The molecule has 1 fully saturated rings. The third-order valence-corrected chi connectivity index (χ3v) is 3.46. The Balaban J connectivity index is 1.73. The Morgan fingerprint density at radius 2 is 2.53 bits per heavy atom. The van der Waals surface area contributed by atoms with Crippen molar-refractivity contribution in [2.75, 3.05) is 6.61 Å². The van der Waals surface area contributed by atoms with Crippen molar-refractivity contribution in [1.82, 2.24) is 9.78 Å². The lowest BCUT2D eigenvalue weighted by atomic mass is 10.1. The van der Waals surface area contributed by atoms with Crippen molar-refractivity contribution in [3.05, 3.63) is 18.0 Å². The van der Waals surface area contributed by atoms with E-state index in [0.29, 0.717) is 6.10 Å². The number of hydrogen-bond acceptors (Lipinski definition) is 3. The zero-order chi connectivity index (χ0) is 12.1. The van der Waals surface area contributed by atoms with Crippen LogP contribution < -0.4 is 5.73 Å². The van der Waals surface area contributed by atoms with Gasteiger partial charge in [0.05, 0.1) is 12.3 Å². The van der Waals surface area contributed by atoms with Crippen molar-refractivity contribution in [3.63, 3.8) is 0 Å². The average molecular weight is 237 g/mol. The van der Waals surface area contributed by atoms with Gasteiger partial charge in [-0.05, 0) is 32.1 Å². The molecule has 1 saturated heterocycles. The van der Waals surface area contributed by atoms with E-state index in [1.54, 1.807) is 0 Å². The number of aromatic nitrogens is 2. The number of hydrogen-bond donors (Lipinski definition) is 1. The van der Waals surface area contributed by atoms with Crippen molar-refractivity contribution in [1.29, 1.82) is 0 Å². The van der Waals surface area contributed by atoms with Crippen LogP contribution in [-0.4, -0.2) is 22.5 Å². The minimum Gasteiger partial charge on any atom is -0.378 e. The topological polar surface area (TPSA) is 53.1 Å². The third kappa shape index (κ3) is 3.54. The molecule has 2 atom stereocenters. The molecule has 2 heterocycles. The van der Waals surface area contributed by atoms with E-state index < -0.39 is 0 Å². The standard InChI is InChI=1S/C13H23N3O/c1-2-13(14)11-9-15-16(10-11)7-3-5-12-6-4-8-17-12/h9-10,12-13H,2-8,14H2,1H3. The van der Waals surface area contributed by atoms with Gasteiger partial charge in [0, 0.05) is 31.0 Å². The SMILES string of the molecule is CCC(N)c1cnn(CCCC2CCCO2)c1. The molecule has 17 heavy (non-hydrogen) atoms. The zero-order valence-electron chi connectivity index (χ0n) is 10.6. The summed E-state index contributed by atoms with van der Waals surface area (Å²) in [6, 6.07) is 0.127. The predicted octanol–water partition coefficient (Wildman–Crippen LogP) is 2.25. The molecule has 0 radical (unpaired) electrons. The fourth-order valence-electron chi connectivity index (χ4n) is 2.28. The normalized spacial score (nSPS) is 21.9. The monoisotopic (exact) mass is 237 g/mol. The molecule has 2 N–H and O–H groups in total. The molecule has 96 valence electrons. The van der Waals surface area contributed by atoms with E-state index in [9.17, 15) is 0 Å². The molecule has 4 nitrogen and oxygen atoms in total. The van der Waals surface area contributed by atoms with Crippen molar-refractivity contribution < 1.29 is 4.74 Å². The van der Waals surface area contributed by atoms with E-state index >= 15 is 0 Å². The van der Waals surface area contributed by atoms with Gasteiger partial charge in [-0.15, -0.1) is 0 Å². The predicted molar refractivity (Wildman–Crippen MR) is 67.7 cm³/mol. The van der Waals surface area contributed by atoms with E-state index in [4.69, 9.17) is 10.5 Å². The van der Waals surface area contributed by atoms with Gasteiger partial charge in [-0.25, -0.2) is 0 Å². The highest BCUT2D eigenvalue weighted by Crippen LogP contribution is 2.17. The smallest absolute Gasteiger partial charge is 0.0576 e. The van der Waals surface area contributed by atoms with Gasteiger partial charge >= 0.3 is 0 Å². The second-order valence-corrected chi connectivity index (χ2v) is 4.83. The van der Waals surface area contributed by atoms with E-state index in [-0.39, 0.29) is 6.04 Å². The first kappa shape index (κ1) is 12.6. The van der Waals surface area contributed by atoms with Crippen LogP contribution in [-0.2, 0) is 11.3 Å². The Labute approximate surface area is 103 Å². The fourth-order valence-corrected chi connectivity index (χ4v) is 2.28. The number of nitrogens with zero attached hydrogens (tertiary/aromatic N) is 2. The second kappa shape index (κ2) is 6.17. The number of ether oxygens (including phenoxy) is 1. The van der Waals surface area contributed by atoms with E-state index in [1.807, 2.05) is 10.9 Å². The first-order valence-electron chi connectivity index (χ1n) is 6.69. The van der Waals surface area contributed by atoms with Crippen LogP contribution in [0.15, 0.2) is 12.4 Å². The van der Waals surface area contributed by atoms with Gasteiger partial charge in [0.1, 0.15) is 0 Å². The lowest BCUT2D eigenvalue weighted by molar-refractivity contribution is 0.101. The van der Waals surface area contributed by atoms with Crippen LogP contribution in [0.3, 0.4) is 0 Å². The van der Waals surface area contributed by atoms with Crippen molar-refractivity contribution in [2.45, 2.75) is 57.7 Å². The molecule has 0 saturated carbocycles. The Kier molecular flexibility index (Phi) is 4.57. The summed E-state index contributed by atoms with van der Waals surface area (Å²) in [6.07, 6.45) is 10.1. The Bertz CT molecular complexity index is 331. The molecule has 0 spiro atoms. The van der Waals surface area contributed by atoms with Crippen molar-refractivity contribution in [3.8, 4) is 0 Å². The van der Waals surface area contributed by atoms with Crippen LogP contribution in [0, 0.1) is 0 Å². The van der Waals surface area contributed by atoms with Crippen LogP contribution in [0.25, 0.3) is 0 Å². The number of aryl methyl sites for hydroxylation is 1. The minimum absolute atomic E-state index is 0.127. The van der Waals surface area contributed by atoms with Gasteiger partial charge in [0.2, 0.25) is 0 Å². The lowest BCUT2D eigenvalue weighted by Gasteiger charge is -2.08. The molecule has 0 aliphatic carbocycles. The van der Waals surface area contributed by atoms with Gasteiger partial charge in [-0.3, -0.25) is 4.68 Å². The van der Waals surface area contributed by atoms with Crippen LogP contribution >= 0.6 is 0 Å². The van der Waals surface area contributed by atoms with Gasteiger partial charge in [-0.2, -0.15) is 5.10 Å². The van der Waals surface area contributed by atoms with Crippen LogP contribution in [0.5, 0.6) is 0 Å². The Hall–Kier alpha value is -0.870. The van der Waals surface area contributed by atoms with E-state index in [0.717, 1.165) is 38.0 Å². The molecular formula is C13H23N3O. The van der Waals surface area contributed by atoms with E-state index in [1.165, 1.54) is 12.8 Å². The zero-order valence-corrected chi connectivity index (χ0v) is 10.6. The molecule has 2 rings (SSSR count). The maximum atomic E-state index is 5.96. The van der Waals surface area contributed by atoms with E-state index in [2.05, 4.69) is 18.2 Å².